The summed E-state index contributed by atoms with van der Waals surface area (Å²) < 4.78 is 0. The number of carbonyl (C=O) groups excluding carboxylic acids is 1. The van der Waals surface area contributed by atoms with Gasteiger partial charge in [0, 0.05) is 0 Å². The lowest BCUT2D eigenvalue weighted by molar-refractivity contribution is -0.146. The lowest BCUT2D eigenvalue weighted by atomic mass is 10.2. The molecule has 0 rings (SSSR count). The molecule has 0 heterocycles. The first kappa shape index (κ1) is 11.3. The highest BCUT2D eigenvalue weighted by molar-refractivity contribution is 6.37. The Hall–Kier alpha value is -1.69. The van der Waals surface area contributed by atoms with Gasteiger partial charge in [0.05, 0.1) is 0 Å². The van der Waals surface area contributed by atoms with E-state index in [1.165, 1.54) is 0 Å². The molecule has 0 fully saturated rings. The third-order valence-electron chi connectivity index (χ3n) is 1.19. The monoisotopic (exact) mass is 187 g/mol. The molecule has 0 amide bonds. The molecule has 6 heteroatoms. The number of hydrogen-bond acceptors (Lipinski definition) is 4. The fourth-order valence-electron chi connectivity index (χ4n) is 0.494. The van der Waals surface area contributed by atoms with Crippen LogP contribution in [-0.2, 0) is 14.4 Å². The van der Waals surface area contributed by atoms with Gasteiger partial charge >= 0.3 is 11.9 Å². The van der Waals surface area contributed by atoms with Gasteiger partial charge in [-0.1, -0.05) is 6.08 Å². The molecule has 72 valence electrons. The molecular formula is C7H9NO5. The molecule has 0 aliphatic carbocycles. The summed E-state index contributed by atoms with van der Waals surface area (Å²) in [7, 11) is 0. The van der Waals surface area contributed by atoms with E-state index in [9.17, 15) is 14.4 Å². The summed E-state index contributed by atoms with van der Waals surface area (Å²) in [4.78, 5) is 30.5. The summed E-state index contributed by atoms with van der Waals surface area (Å²) in [5, 5.41) is 16.4. The van der Waals surface area contributed by atoms with Crippen molar-refractivity contribution in [2.24, 2.45) is 5.73 Å². The Morgan fingerprint density at radius 3 is 2.23 bits per heavy atom. The summed E-state index contributed by atoms with van der Waals surface area (Å²) in [6, 6.07) is -1.11. The first-order chi connectivity index (χ1) is 5.95. The Morgan fingerprint density at radius 2 is 1.85 bits per heavy atom. The number of carboxylic acid groups (broad SMARTS) is 2. The van der Waals surface area contributed by atoms with Gasteiger partial charge < -0.3 is 15.9 Å². The van der Waals surface area contributed by atoms with Crippen LogP contribution in [0.2, 0.25) is 0 Å². The van der Waals surface area contributed by atoms with E-state index in [0.29, 0.717) is 0 Å². The van der Waals surface area contributed by atoms with Gasteiger partial charge in [0.2, 0.25) is 0 Å². The summed E-state index contributed by atoms with van der Waals surface area (Å²) in [5.41, 5.74) is 5.07. The number of carboxylic acids is 2. The minimum atomic E-state index is -1.58. The molecule has 0 radical (unpaired) electrons. The molecule has 0 aromatic rings. The molecule has 0 spiro atoms. The largest absolute Gasteiger partial charge is 0.480 e. The molecule has 1 unspecified atom stereocenters. The van der Waals surface area contributed by atoms with Crippen LogP contribution in [0.25, 0.3) is 0 Å². The van der Waals surface area contributed by atoms with Crippen molar-refractivity contribution < 1.29 is 24.6 Å². The highest BCUT2D eigenvalue weighted by atomic mass is 16.4. The van der Waals surface area contributed by atoms with E-state index >= 15 is 0 Å². The molecule has 0 aromatic heterocycles. The van der Waals surface area contributed by atoms with E-state index in [1.807, 2.05) is 0 Å². The number of ketones is 1. The molecule has 0 saturated heterocycles. The van der Waals surface area contributed by atoms with Crippen LogP contribution < -0.4 is 5.73 Å². The fourth-order valence-corrected chi connectivity index (χ4v) is 0.494. The smallest absolute Gasteiger partial charge is 0.376 e. The second-order valence-corrected chi connectivity index (χ2v) is 2.25. The van der Waals surface area contributed by atoms with Crippen LogP contribution in [-0.4, -0.2) is 34.0 Å². The van der Waals surface area contributed by atoms with E-state index < -0.39 is 23.8 Å². The van der Waals surface area contributed by atoms with Gasteiger partial charge in [0.25, 0.3) is 5.78 Å². The van der Waals surface area contributed by atoms with Gasteiger partial charge in [-0.25, -0.2) is 4.79 Å². The van der Waals surface area contributed by atoms with Crippen molar-refractivity contribution in [1.29, 1.82) is 0 Å². The third-order valence-corrected chi connectivity index (χ3v) is 1.19. The van der Waals surface area contributed by atoms with E-state index in [1.54, 1.807) is 0 Å². The van der Waals surface area contributed by atoms with Crippen molar-refractivity contribution in [2.45, 2.75) is 12.5 Å². The maximum Gasteiger partial charge on any atom is 0.376 e. The van der Waals surface area contributed by atoms with E-state index in [-0.39, 0.29) is 6.42 Å². The van der Waals surface area contributed by atoms with Gasteiger partial charge in [0.15, 0.2) is 0 Å². The standard InChI is InChI=1S/C7H9NO5/c8-4(6(10)11)2-1-3-5(9)7(12)13/h1,3-4H,2,8H2,(H,10,11)(H,12,13)/b3-1+. The van der Waals surface area contributed by atoms with E-state index in [2.05, 4.69) is 0 Å². The van der Waals surface area contributed by atoms with Gasteiger partial charge in [-0.2, -0.15) is 0 Å². The predicted octanol–water partition coefficient (Wildman–Crippen LogP) is -1.00. The molecule has 1 atom stereocenters. The Kier molecular flexibility index (Phi) is 4.39. The zero-order valence-electron chi connectivity index (χ0n) is 6.64. The maximum atomic E-state index is 10.4. The summed E-state index contributed by atoms with van der Waals surface area (Å²) in [6.45, 7) is 0. The average molecular weight is 187 g/mol. The van der Waals surface area contributed by atoms with Gasteiger partial charge in [-0.05, 0) is 12.5 Å². The van der Waals surface area contributed by atoms with Gasteiger partial charge in [-0.15, -0.1) is 0 Å². The molecular weight excluding hydrogens is 178 g/mol. The maximum absolute atomic E-state index is 10.4. The Balaban J connectivity index is 3.95. The molecule has 0 aliphatic heterocycles. The van der Waals surface area contributed by atoms with Crippen LogP contribution in [0.4, 0.5) is 0 Å². The van der Waals surface area contributed by atoms with Crippen LogP contribution in [0.15, 0.2) is 12.2 Å². The second kappa shape index (κ2) is 5.04. The number of carbonyl (C=O) groups is 3. The highest BCUT2D eigenvalue weighted by Gasteiger charge is 2.10. The fraction of sp³-hybridized carbons (Fsp3) is 0.286. The van der Waals surface area contributed by atoms with Gasteiger partial charge in [0.1, 0.15) is 6.04 Å². The highest BCUT2D eigenvalue weighted by Crippen LogP contribution is 1.90. The zero-order chi connectivity index (χ0) is 10.4. The first-order valence-electron chi connectivity index (χ1n) is 3.37. The number of hydrogen-bond donors (Lipinski definition) is 3. The number of nitrogens with two attached hydrogens (primary N) is 1. The van der Waals surface area contributed by atoms with Crippen molar-refractivity contribution in [3.63, 3.8) is 0 Å². The average Bonchev–Trinajstić information content (AvgIpc) is 2.03. The van der Waals surface area contributed by atoms with Crippen molar-refractivity contribution >= 4 is 17.7 Å². The van der Waals surface area contributed by atoms with Crippen molar-refractivity contribution in [3.05, 3.63) is 12.2 Å². The Bertz CT molecular complexity index is 258. The topological polar surface area (TPSA) is 118 Å². The minimum absolute atomic E-state index is 0.0750. The van der Waals surface area contributed by atoms with E-state index in [0.717, 1.165) is 12.2 Å². The Morgan fingerprint density at radius 1 is 1.31 bits per heavy atom. The lowest BCUT2D eigenvalue weighted by Crippen LogP contribution is -2.29. The summed E-state index contributed by atoms with van der Waals surface area (Å²) in [5.74, 6) is -3.88. The molecule has 0 saturated carbocycles. The van der Waals surface area contributed by atoms with E-state index in [4.69, 9.17) is 15.9 Å². The SMILES string of the molecule is NC(C/C=C/C(=O)C(=O)O)C(=O)O. The molecule has 4 N–H and O–H groups in total. The normalized spacial score (nSPS) is 12.7. The van der Waals surface area contributed by atoms with Crippen LogP contribution in [0.3, 0.4) is 0 Å². The Labute approximate surface area is 73.7 Å². The quantitative estimate of drug-likeness (QED) is 0.375. The molecule has 6 nitrogen and oxygen atoms in total. The third kappa shape index (κ3) is 4.70. The summed E-state index contributed by atoms with van der Waals surface area (Å²) in [6.07, 6.45) is 1.83. The minimum Gasteiger partial charge on any atom is -0.480 e. The number of rotatable bonds is 5. The zero-order valence-corrected chi connectivity index (χ0v) is 6.64. The van der Waals surface area contributed by atoms with Crippen molar-refractivity contribution in [3.8, 4) is 0 Å². The molecule has 0 aromatic carbocycles. The van der Waals surface area contributed by atoms with Crippen LogP contribution in [0, 0.1) is 0 Å². The molecule has 13 heavy (non-hydrogen) atoms. The van der Waals surface area contributed by atoms with Crippen molar-refractivity contribution in [2.75, 3.05) is 0 Å². The first-order valence-corrected chi connectivity index (χ1v) is 3.37. The van der Waals surface area contributed by atoms with Crippen LogP contribution in [0.1, 0.15) is 6.42 Å². The van der Waals surface area contributed by atoms with Crippen LogP contribution >= 0.6 is 0 Å². The van der Waals surface area contributed by atoms with Gasteiger partial charge in [-0.3, -0.25) is 9.59 Å². The predicted molar refractivity (Wildman–Crippen MR) is 42.0 cm³/mol. The summed E-state index contributed by atoms with van der Waals surface area (Å²) >= 11 is 0. The molecule has 0 aliphatic rings. The second-order valence-electron chi connectivity index (χ2n) is 2.25. The number of aliphatic carboxylic acids is 2. The van der Waals surface area contributed by atoms with Crippen LogP contribution in [0.5, 0.6) is 0 Å². The lowest BCUT2D eigenvalue weighted by Gasteiger charge is -1.99. The molecule has 0 bridgehead atoms. The van der Waals surface area contributed by atoms with Crippen molar-refractivity contribution in [1.82, 2.24) is 0 Å².